The third kappa shape index (κ3) is 5.79. The van der Waals surface area contributed by atoms with Crippen LogP contribution in [0.2, 0.25) is 0 Å². The van der Waals surface area contributed by atoms with E-state index in [1.807, 2.05) is 4.90 Å². The summed E-state index contributed by atoms with van der Waals surface area (Å²) in [5, 5.41) is 17.7. The van der Waals surface area contributed by atoms with Crippen molar-refractivity contribution in [2.24, 2.45) is 12.7 Å². The largest absolute Gasteiger partial charge is 0.478 e. The minimum Gasteiger partial charge on any atom is -0.478 e. The number of carbonyl (C=O) groups is 1. The Morgan fingerprint density at radius 3 is 2.53 bits per heavy atom. The van der Waals surface area contributed by atoms with Crippen LogP contribution in [0.4, 0.5) is 5.82 Å². The molecule has 0 radical (unpaired) electrons. The van der Waals surface area contributed by atoms with Gasteiger partial charge in [0.2, 0.25) is 0 Å². The summed E-state index contributed by atoms with van der Waals surface area (Å²) in [6.07, 6.45) is 1.64. The van der Waals surface area contributed by atoms with Crippen LogP contribution in [0.1, 0.15) is 38.4 Å². The minimum absolute atomic E-state index is 0.0278. The lowest BCUT2D eigenvalue weighted by Crippen LogP contribution is -2.47. The van der Waals surface area contributed by atoms with Crippen LogP contribution in [0, 0.1) is 11.3 Å². The molecule has 0 unspecified atom stereocenters. The van der Waals surface area contributed by atoms with Gasteiger partial charge in [0.15, 0.2) is 0 Å². The van der Waals surface area contributed by atoms with Gasteiger partial charge in [-0.05, 0) is 36.6 Å². The topological polar surface area (TPSA) is 134 Å². The van der Waals surface area contributed by atoms with E-state index in [1.54, 1.807) is 54.6 Å². The predicted octanol–water partition coefficient (Wildman–Crippen LogP) is 1.78. The lowest BCUT2D eigenvalue weighted by Gasteiger charge is -2.34. The van der Waals surface area contributed by atoms with Gasteiger partial charge in [-0.3, -0.25) is 13.9 Å². The molecule has 34 heavy (non-hydrogen) atoms. The van der Waals surface area contributed by atoms with Crippen molar-refractivity contribution in [3.8, 4) is 6.07 Å². The molecule has 2 heterocycles. The van der Waals surface area contributed by atoms with E-state index in [4.69, 9.17) is 15.0 Å². The van der Waals surface area contributed by atoms with Crippen molar-refractivity contribution < 1.29 is 14.0 Å². The SMILES string of the molecule is O=C(O)c1ccccc1.[2H][13C]([2H])([2H])n1c(=O)cc(N2CCC[C@@H](N)C2)n(Cc2ccccc2C#N)c1=O. The van der Waals surface area contributed by atoms with E-state index in [0.717, 1.165) is 12.8 Å². The van der Waals surface area contributed by atoms with Crippen LogP contribution in [-0.2, 0) is 13.5 Å². The Morgan fingerprint density at radius 1 is 1.21 bits per heavy atom. The first-order chi connectivity index (χ1) is 17.5. The van der Waals surface area contributed by atoms with Gasteiger partial charge >= 0.3 is 11.7 Å². The fourth-order valence-corrected chi connectivity index (χ4v) is 3.71. The third-order valence-corrected chi connectivity index (χ3v) is 5.44. The average Bonchev–Trinajstić information content (AvgIpc) is 2.86. The number of carboxylic acid groups (broad SMARTS) is 1. The number of anilines is 1. The van der Waals surface area contributed by atoms with E-state index >= 15 is 0 Å². The van der Waals surface area contributed by atoms with E-state index in [-0.39, 0.29) is 17.2 Å². The fraction of sp³-hybridized carbons (Fsp3) is 0.280. The van der Waals surface area contributed by atoms with E-state index in [9.17, 15) is 19.6 Å². The van der Waals surface area contributed by atoms with Gasteiger partial charge in [-0.25, -0.2) is 9.59 Å². The maximum Gasteiger partial charge on any atom is 0.335 e. The molecular weight excluding hydrogens is 435 g/mol. The third-order valence-electron chi connectivity index (χ3n) is 5.44. The summed E-state index contributed by atoms with van der Waals surface area (Å²) >= 11 is 0. The Morgan fingerprint density at radius 2 is 1.91 bits per heavy atom. The van der Waals surface area contributed by atoms with Gasteiger partial charge in [-0.15, -0.1) is 0 Å². The highest BCUT2D eigenvalue weighted by Crippen LogP contribution is 2.19. The lowest BCUT2D eigenvalue weighted by molar-refractivity contribution is 0.0697. The highest BCUT2D eigenvalue weighted by molar-refractivity contribution is 5.87. The van der Waals surface area contributed by atoms with Crippen LogP contribution in [0.5, 0.6) is 0 Å². The zero-order chi connectivity index (χ0) is 27.2. The molecule has 0 saturated carbocycles. The summed E-state index contributed by atoms with van der Waals surface area (Å²) in [4.78, 5) is 37.5. The second-order valence-corrected chi connectivity index (χ2v) is 7.83. The average molecular weight is 466 g/mol. The molecule has 0 spiro atoms. The number of piperidine rings is 1. The fourth-order valence-electron chi connectivity index (χ4n) is 3.71. The van der Waals surface area contributed by atoms with Gasteiger partial charge < -0.3 is 15.7 Å². The second-order valence-electron chi connectivity index (χ2n) is 7.83. The highest BCUT2D eigenvalue weighted by Gasteiger charge is 2.22. The maximum absolute atomic E-state index is 13.0. The first-order valence-electron chi connectivity index (χ1n) is 12.2. The van der Waals surface area contributed by atoms with E-state index in [0.29, 0.717) is 35.6 Å². The van der Waals surface area contributed by atoms with Crippen LogP contribution in [0.3, 0.4) is 0 Å². The lowest BCUT2D eigenvalue weighted by atomic mass is 10.1. The molecule has 4 rings (SSSR count). The molecule has 176 valence electrons. The Kier molecular flexibility index (Phi) is 6.69. The molecule has 1 aliphatic heterocycles. The van der Waals surface area contributed by atoms with Crippen molar-refractivity contribution in [1.82, 2.24) is 9.13 Å². The van der Waals surface area contributed by atoms with Gasteiger partial charge in [0.1, 0.15) is 5.82 Å². The monoisotopic (exact) mass is 465 g/mol. The van der Waals surface area contributed by atoms with Gasteiger partial charge in [-0.1, -0.05) is 36.4 Å². The molecule has 3 aromatic rings. The molecule has 1 fully saturated rings. The molecule has 1 saturated heterocycles. The number of hydrogen-bond donors (Lipinski definition) is 2. The molecule has 0 bridgehead atoms. The van der Waals surface area contributed by atoms with Crippen molar-refractivity contribution >= 4 is 11.8 Å². The van der Waals surface area contributed by atoms with Crippen molar-refractivity contribution in [3.05, 3.63) is 98.2 Å². The normalized spacial score (nSPS) is 16.8. The van der Waals surface area contributed by atoms with Crippen LogP contribution in [0.25, 0.3) is 0 Å². The number of aromatic nitrogens is 2. The van der Waals surface area contributed by atoms with Crippen molar-refractivity contribution in [2.45, 2.75) is 25.4 Å². The molecule has 1 atom stereocenters. The summed E-state index contributed by atoms with van der Waals surface area (Å²) in [7, 11) is 0. The van der Waals surface area contributed by atoms with E-state index < -0.39 is 24.2 Å². The van der Waals surface area contributed by atoms with Crippen molar-refractivity contribution in [2.75, 3.05) is 18.0 Å². The van der Waals surface area contributed by atoms with Gasteiger partial charge in [0, 0.05) is 36.3 Å². The molecule has 1 aliphatic rings. The zero-order valence-electron chi connectivity index (χ0n) is 21.4. The van der Waals surface area contributed by atoms with Crippen LogP contribution < -0.4 is 21.9 Å². The Hall–Kier alpha value is -4.16. The molecule has 2 aromatic carbocycles. The summed E-state index contributed by atoms with van der Waals surface area (Å²) in [5.74, 6) is -0.561. The van der Waals surface area contributed by atoms with Gasteiger partial charge in [0.05, 0.1) is 23.7 Å². The standard InChI is InChI=1S/C18H21N5O2.C7H6O2/c1-21-17(24)9-16(22-8-4-7-15(20)12-22)23(18(21)25)11-14-6-3-2-5-13(14)10-19;8-7(9)6-4-2-1-3-5-6/h2-3,5-6,9,15H,4,7-8,11-12,20H2,1H3;1-5H,(H,8,9)/t15-;/m1./s1/i1+1D3;. The smallest absolute Gasteiger partial charge is 0.335 e. The first-order valence-corrected chi connectivity index (χ1v) is 10.7. The Bertz CT molecular complexity index is 1410. The quantitative estimate of drug-likeness (QED) is 0.561. The Balaban J connectivity index is 0.000000356. The summed E-state index contributed by atoms with van der Waals surface area (Å²) in [5.41, 5.74) is 5.49. The van der Waals surface area contributed by atoms with E-state index in [2.05, 4.69) is 6.07 Å². The van der Waals surface area contributed by atoms with Gasteiger partial charge in [0.25, 0.3) is 5.56 Å². The molecule has 0 amide bonds. The number of benzene rings is 2. The molecule has 9 heteroatoms. The number of nitriles is 1. The Labute approximate surface area is 201 Å². The number of rotatable bonds is 4. The van der Waals surface area contributed by atoms with Crippen molar-refractivity contribution in [3.63, 3.8) is 0 Å². The second kappa shape index (κ2) is 11.1. The maximum atomic E-state index is 13.0. The molecule has 0 aliphatic carbocycles. The van der Waals surface area contributed by atoms with E-state index in [1.165, 1.54) is 10.6 Å². The number of hydrogen-bond acceptors (Lipinski definition) is 6. The summed E-state index contributed by atoms with van der Waals surface area (Å²) in [6, 6.07) is 18.2. The molecule has 3 N–H and O–H groups in total. The summed E-state index contributed by atoms with van der Waals surface area (Å²) in [6.45, 7) is -1.87. The number of nitrogens with zero attached hydrogens (tertiary/aromatic N) is 4. The summed E-state index contributed by atoms with van der Waals surface area (Å²) < 4.78 is 24.2. The van der Waals surface area contributed by atoms with Crippen LogP contribution in [-0.4, -0.2) is 39.3 Å². The van der Waals surface area contributed by atoms with Gasteiger partial charge in [-0.2, -0.15) is 5.26 Å². The molecule has 9 nitrogen and oxygen atoms in total. The predicted molar refractivity (Wildman–Crippen MR) is 129 cm³/mol. The first kappa shape index (κ1) is 20.4. The molecule has 1 aromatic heterocycles. The van der Waals surface area contributed by atoms with Crippen LogP contribution >= 0.6 is 0 Å². The minimum atomic E-state index is -2.90. The number of carboxylic acids is 1. The van der Waals surface area contributed by atoms with Crippen LogP contribution in [0.15, 0.2) is 70.3 Å². The highest BCUT2D eigenvalue weighted by atomic mass is 16.4. The van der Waals surface area contributed by atoms with Crippen molar-refractivity contribution in [1.29, 1.82) is 5.26 Å². The zero-order valence-corrected chi connectivity index (χ0v) is 18.4. The number of aromatic carboxylic acids is 1. The molecular formula is C25H27N5O4. The number of nitrogens with two attached hydrogens (primary N) is 1.